The Kier molecular flexibility index (Phi) is 4.98. The van der Waals surface area contributed by atoms with Crippen LogP contribution < -0.4 is 10.1 Å². The zero-order chi connectivity index (χ0) is 13.5. The van der Waals surface area contributed by atoms with Crippen LogP contribution in [0.2, 0.25) is 5.15 Å². The predicted molar refractivity (Wildman–Crippen MR) is 76.6 cm³/mol. The quantitative estimate of drug-likeness (QED) is 0.821. The van der Waals surface area contributed by atoms with E-state index in [1.807, 2.05) is 18.2 Å². The number of aromatic nitrogens is 2. The fourth-order valence-corrected chi connectivity index (χ4v) is 1.77. The highest BCUT2D eigenvalue weighted by atomic mass is 35.5. The van der Waals surface area contributed by atoms with Gasteiger partial charge >= 0.3 is 0 Å². The molecule has 0 saturated heterocycles. The minimum absolute atomic E-state index is 0.471. The number of hydrogen-bond acceptors (Lipinski definition) is 4. The topological polar surface area (TPSA) is 47.0 Å². The number of pyridine rings is 2. The average molecular weight is 278 g/mol. The summed E-state index contributed by atoms with van der Waals surface area (Å²) in [5.74, 6) is 0.678. The monoisotopic (exact) mass is 277 g/mol. The van der Waals surface area contributed by atoms with Crippen molar-refractivity contribution in [3.63, 3.8) is 0 Å². The average Bonchev–Trinajstić information content (AvgIpc) is 2.44. The summed E-state index contributed by atoms with van der Waals surface area (Å²) in [6, 6.07) is 7.54. The van der Waals surface area contributed by atoms with E-state index in [4.69, 9.17) is 16.3 Å². The smallest absolute Gasteiger partial charge is 0.218 e. The molecule has 19 heavy (non-hydrogen) atoms. The minimum atomic E-state index is 0.471. The van der Waals surface area contributed by atoms with Gasteiger partial charge in [-0.25, -0.2) is 9.97 Å². The molecule has 0 aliphatic carbocycles. The largest absolute Gasteiger partial charge is 0.477 e. The highest BCUT2D eigenvalue weighted by Gasteiger charge is 2.04. The van der Waals surface area contributed by atoms with Gasteiger partial charge in [0.1, 0.15) is 5.15 Å². The third-order valence-electron chi connectivity index (χ3n) is 2.50. The van der Waals surface area contributed by atoms with Gasteiger partial charge in [0.05, 0.1) is 6.61 Å². The van der Waals surface area contributed by atoms with Gasteiger partial charge in [-0.2, -0.15) is 0 Å². The maximum atomic E-state index is 5.84. The minimum Gasteiger partial charge on any atom is -0.477 e. The number of anilines is 1. The number of hydrogen-bond donors (Lipinski definition) is 1. The molecule has 0 bridgehead atoms. The van der Waals surface area contributed by atoms with Crippen LogP contribution in [-0.2, 0) is 6.54 Å². The van der Waals surface area contributed by atoms with Crippen LogP contribution >= 0.6 is 11.6 Å². The number of halogens is 1. The van der Waals surface area contributed by atoms with Crippen molar-refractivity contribution in [1.29, 1.82) is 0 Å². The summed E-state index contributed by atoms with van der Waals surface area (Å²) >= 11 is 5.84. The lowest BCUT2D eigenvalue weighted by Crippen LogP contribution is -2.05. The summed E-state index contributed by atoms with van der Waals surface area (Å²) < 4.78 is 5.61. The molecule has 0 atom stereocenters. The Morgan fingerprint density at radius 1 is 1.26 bits per heavy atom. The molecule has 2 aromatic rings. The van der Waals surface area contributed by atoms with Gasteiger partial charge in [-0.1, -0.05) is 24.6 Å². The normalized spacial score (nSPS) is 10.2. The molecule has 0 saturated carbocycles. The van der Waals surface area contributed by atoms with Crippen molar-refractivity contribution in [2.75, 3.05) is 11.9 Å². The van der Waals surface area contributed by atoms with E-state index in [-0.39, 0.29) is 0 Å². The van der Waals surface area contributed by atoms with E-state index in [1.54, 1.807) is 18.5 Å². The first-order valence-corrected chi connectivity index (χ1v) is 6.59. The van der Waals surface area contributed by atoms with Crippen LogP contribution in [-0.4, -0.2) is 16.6 Å². The summed E-state index contributed by atoms with van der Waals surface area (Å²) in [4.78, 5) is 8.19. The lowest BCUT2D eigenvalue weighted by Gasteiger charge is -2.11. The molecule has 4 nitrogen and oxygen atoms in total. The van der Waals surface area contributed by atoms with Gasteiger partial charge in [-0.05, 0) is 24.6 Å². The van der Waals surface area contributed by atoms with Crippen molar-refractivity contribution in [3.05, 3.63) is 47.4 Å². The maximum Gasteiger partial charge on any atom is 0.218 e. The molecule has 0 aromatic carbocycles. The molecule has 0 radical (unpaired) electrons. The Hall–Kier alpha value is -1.81. The summed E-state index contributed by atoms with van der Waals surface area (Å²) in [6.45, 7) is 3.37. The second-order valence-corrected chi connectivity index (χ2v) is 4.42. The second kappa shape index (κ2) is 6.95. The van der Waals surface area contributed by atoms with E-state index in [9.17, 15) is 0 Å². The van der Waals surface area contributed by atoms with Gasteiger partial charge in [0.25, 0.3) is 0 Å². The van der Waals surface area contributed by atoms with Crippen molar-refractivity contribution in [2.45, 2.75) is 19.9 Å². The van der Waals surface area contributed by atoms with Crippen LogP contribution in [0.5, 0.6) is 5.88 Å². The van der Waals surface area contributed by atoms with Crippen LogP contribution in [0, 0.1) is 0 Å². The molecule has 0 aliphatic rings. The standard InChI is InChI=1S/C14H16ClN3O/c1-2-8-19-14-11(4-3-6-17-14)10-18-12-5-7-16-13(15)9-12/h3-7,9H,2,8,10H2,1H3,(H,16,18). The highest BCUT2D eigenvalue weighted by Crippen LogP contribution is 2.18. The Morgan fingerprint density at radius 2 is 2.16 bits per heavy atom. The second-order valence-electron chi connectivity index (χ2n) is 4.04. The zero-order valence-electron chi connectivity index (χ0n) is 10.8. The van der Waals surface area contributed by atoms with E-state index in [1.165, 1.54) is 0 Å². The van der Waals surface area contributed by atoms with Crippen molar-refractivity contribution in [1.82, 2.24) is 9.97 Å². The van der Waals surface area contributed by atoms with Gasteiger partial charge in [0, 0.05) is 30.2 Å². The first-order chi connectivity index (χ1) is 9.29. The molecule has 0 amide bonds. The lowest BCUT2D eigenvalue weighted by molar-refractivity contribution is 0.302. The highest BCUT2D eigenvalue weighted by molar-refractivity contribution is 6.29. The first-order valence-electron chi connectivity index (χ1n) is 6.21. The molecule has 5 heteroatoms. The molecule has 1 N–H and O–H groups in total. The summed E-state index contributed by atoms with van der Waals surface area (Å²) in [5, 5.41) is 3.75. The Labute approximate surface area is 117 Å². The fourth-order valence-electron chi connectivity index (χ4n) is 1.60. The molecule has 0 unspecified atom stereocenters. The lowest BCUT2D eigenvalue weighted by atomic mass is 10.2. The molecule has 0 aliphatic heterocycles. The predicted octanol–water partition coefficient (Wildman–Crippen LogP) is 3.53. The third kappa shape index (κ3) is 4.10. The van der Waals surface area contributed by atoms with Crippen LogP contribution in [0.3, 0.4) is 0 Å². The molecular formula is C14H16ClN3O. The van der Waals surface area contributed by atoms with Gasteiger partial charge in [-0.15, -0.1) is 0 Å². The van der Waals surface area contributed by atoms with Gasteiger partial charge in [-0.3, -0.25) is 0 Å². The summed E-state index contributed by atoms with van der Waals surface area (Å²) in [7, 11) is 0. The van der Waals surface area contributed by atoms with Gasteiger partial charge in [0.15, 0.2) is 0 Å². The Morgan fingerprint density at radius 3 is 2.95 bits per heavy atom. The van der Waals surface area contributed by atoms with Crippen molar-refractivity contribution in [3.8, 4) is 5.88 Å². The van der Waals surface area contributed by atoms with E-state index in [0.29, 0.717) is 24.2 Å². The fraction of sp³-hybridized carbons (Fsp3) is 0.286. The molecule has 100 valence electrons. The molecule has 2 aromatic heterocycles. The van der Waals surface area contributed by atoms with E-state index in [0.717, 1.165) is 17.7 Å². The van der Waals surface area contributed by atoms with Crippen LogP contribution in [0.15, 0.2) is 36.7 Å². The number of rotatable bonds is 6. The summed E-state index contributed by atoms with van der Waals surface area (Å²) in [6.07, 6.45) is 4.36. The molecule has 2 rings (SSSR count). The van der Waals surface area contributed by atoms with Crippen molar-refractivity contribution >= 4 is 17.3 Å². The molecule has 0 fully saturated rings. The molecule has 2 heterocycles. The van der Waals surface area contributed by atoms with Crippen LogP contribution in [0.1, 0.15) is 18.9 Å². The van der Waals surface area contributed by atoms with Crippen LogP contribution in [0.25, 0.3) is 0 Å². The van der Waals surface area contributed by atoms with E-state index >= 15 is 0 Å². The Balaban J connectivity index is 2.02. The Bertz CT molecular complexity index is 534. The van der Waals surface area contributed by atoms with Crippen molar-refractivity contribution in [2.24, 2.45) is 0 Å². The zero-order valence-corrected chi connectivity index (χ0v) is 11.5. The van der Waals surface area contributed by atoms with Gasteiger partial charge in [0.2, 0.25) is 5.88 Å². The van der Waals surface area contributed by atoms with E-state index < -0.39 is 0 Å². The first kappa shape index (κ1) is 13.6. The van der Waals surface area contributed by atoms with Crippen molar-refractivity contribution < 1.29 is 4.74 Å². The third-order valence-corrected chi connectivity index (χ3v) is 2.71. The summed E-state index contributed by atoms with van der Waals surface area (Å²) in [5.41, 5.74) is 1.94. The maximum absolute atomic E-state index is 5.84. The number of nitrogens with one attached hydrogen (secondary N) is 1. The number of nitrogens with zero attached hydrogens (tertiary/aromatic N) is 2. The van der Waals surface area contributed by atoms with Gasteiger partial charge < -0.3 is 10.1 Å². The molecular weight excluding hydrogens is 262 g/mol. The number of ether oxygens (including phenoxy) is 1. The van der Waals surface area contributed by atoms with E-state index in [2.05, 4.69) is 22.2 Å². The molecule has 0 spiro atoms. The SMILES string of the molecule is CCCOc1ncccc1CNc1ccnc(Cl)c1. The van der Waals surface area contributed by atoms with Crippen LogP contribution in [0.4, 0.5) is 5.69 Å².